The second-order valence-corrected chi connectivity index (χ2v) is 7.54. The number of thiazole rings is 1. The topological polar surface area (TPSA) is 40.5 Å². The van der Waals surface area contributed by atoms with Gasteiger partial charge in [-0.3, -0.25) is 4.99 Å². The van der Waals surface area contributed by atoms with Gasteiger partial charge in [0.1, 0.15) is 0 Å². The van der Waals surface area contributed by atoms with Crippen LogP contribution in [0, 0.1) is 13.8 Å². The molecule has 2 aromatic heterocycles. The molecule has 22 heavy (non-hydrogen) atoms. The lowest BCUT2D eigenvalue weighted by molar-refractivity contribution is 0.487. The highest BCUT2D eigenvalue weighted by atomic mass is 32.1. The molecule has 0 unspecified atom stereocenters. The SMILES string of the molecule is CN=C(NCCc1sc(C)nc1C)N(C)CCc1cccs1. The lowest BCUT2D eigenvalue weighted by atomic mass is 10.3. The molecule has 0 aromatic carbocycles. The first-order valence-corrected chi connectivity index (χ1v) is 9.17. The Morgan fingerprint density at radius 1 is 1.36 bits per heavy atom. The van der Waals surface area contributed by atoms with Crippen molar-refractivity contribution in [3.63, 3.8) is 0 Å². The Kier molecular flexibility index (Phi) is 6.39. The molecular formula is C16H24N4S2. The highest BCUT2D eigenvalue weighted by molar-refractivity contribution is 7.11. The molecule has 0 spiro atoms. The van der Waals surface area contributed by atoms with Gasteiger partial charge in [-0.25, -0.2) is 4.98 Å². The summed E-state index contributed by atoms with van der Waals surface area (Å²) >= 11 is 3.60. The van der Waals surface area contributed by atoms with Crippen LogP contribution in [0.5, 0.6) is 0 Å². The van der Waals surface area contributed by atoms with Crippen LogP contribution in [0.1, 0.15) is 20.5 Å². The number of hydrogen-bond donors (Lipinski definition) is 1. The number of rotatable bonds is 6. The van der Waals surface area contributed by atoms with E-state index in [1.54, 1.807) is 11.3 Å². The number of guanidine groups is 1. The molecule has 1 N–H and O–H groups in total. The first-order valence-electron chi connectivity index (χ1n) is 7.47. The maximum absolute atomic E-state index is 4.47. The van der Waals surface area contributed by atoms with Crippen molar-refractivity contribution in [3.8, 4) is 0 Å². The lowest BCUT2D eigenvalue weighted by Crippen LogP contribution is -2.40. The Hall–Kier alpha value is -1.40. The van der Waals surface area contributed by atoms with Crippen LogP contribution in [0.3, 0.4) is 0 Å². The molecule has 0 aliphatic rings. The van der Waals surface area contributed by atoms with Crippen molar-refractivity contribution >= 4 is 28.6 Å². The Labute approximate surface area is 140 Å². The fraction of sp³-hybridized carbons (Fsp3) is 0.500. The third kappa shape index (κ3) is 4.81. The van der Waals surface area contributed by atoms with Gasteiger partial charge in [0.15, 0.2) is 5.96 Å². The summed E-state index contributed by atoms with van der Waals surface area (Å²) in [5.74, 6) is 0.954. The van der Waals surface area contributed by atoms with Gasteiger partial charge in [0, 0.05) is 43.4 Å². The van der Waals surface area contributed by atoms with Gasteiger partial charge in [0.2, 0.25) is 0 Å². The van der Waals surface area contributed by atoms with Crippen molar-refractivity contribution < 1.29 is 0 Å². The van der Waals surface area contributed by atoms with E-state index in [0.717, 1.165) is 42.6 Å². The number of aryl methyl sites for hydroxylation is 2. The van der Waals surface area contributed by atoms with Gasteiger partial charge in [-0.1, -0.05) is 6.07 Å². The molecule has 2 aromatic rings. The minimum Gasteiger partial charge on any atom is -0.356 e. The van der Waals surface area contributed by atoms with Gasteiger partial charge in [-0.15, -0.1) is 22.7 Å². The summed E-state index contributed by atoms with van der Waals surface area (Å²) in [4.78, 5) is 13.8. The Balaban J connectivity index is 1.77. The molecule has 2 rings (SSSR count). The van der Waals surface area contributed by atoms with E-state index in [-0.39, 0.29) is 0 Å². The van der Waals surface area contributed by atoms with Crippen molar-refractivity contribution in [1.29, 1.82) is 0 Å². The lowest BCUT2D eigenvalue weighted by Gasteiger charge is -2.21. The van der Waals surface area contributed by atoms with E-state index in [1.807, 2.05) is 18.4 Å². The first-order chi connectivity index (χ1) is 10.6. The summed E-state index contributed by atoms with van der Waals surface area (Å²) < 4.78 is 0. The number of thiophene rings is 1. The predicted molar refractivity (Wildman–Crippen MR) is 97.3 cm³/mol. The number of likely N-dealkylation sites (N-methyl/N-ethyl adjacent to an activating group) is 1. The molecule has 0 bridgehead atoms. The summed E-state index contributed by atoms with van der Waals surface area (Å²) in [6, 6.07) is 4.29. The standard InChI is InChI=1S/C16H24N4S2/c1-12-15(22-13(2)19-12)7-9-18-16(17-3)20(4)10-8-14-6-5-11-21-14/h5-6,11H,7-10H2,1-4H3,(H,17,18). The van der Waals surface area contributed by atoms with Crippen molar-refractivity contribution in [2.45, 2.75) is 26.7 Å². The molecule has 4 nitrogen and oxygen atoms in total. The van der Waals surface area contributed by atoms with Gasteiger partial charge < -0.3 is 10.2 Å². The van der Waals surface area contributed by atoms with Crippen molar-refractivity contribution in [2.24, 2.45) is 4.99 Å². The van der Waals surface area contributed by atoms with Gasteiger partial charge in [0.05, 0.1) is 10.7 Å². The third-order valence-electron chi connectivity index (χ3n) is 3.48. The fourth-order valence-electron chi connectivity index (χ4n) is 2.32. The summed E-state index contributed by atoms with van der Waals surface area (Å²) in [5, 5.41) is 6.71. The second kappa shape index (κ2) is 8.29. The maximum Gasteiger partial charge on any atom is 0.193 e. The molecule has 0 aliphatic heterocycles. The molecule has 0 radical (unpaired) electrons. The van der Waals surface area contributed by atoms with Gasteiger partial charge >= 0.3 is 0 Å². The number of nitrogens with one attached hydrogen (secondary N) is 1. The summed E-state index contributed by atoms with van der Waals surface area (Å²) in [6.07, 6.45) is 2.05. The van der Waals surface area contributed by atoms with Crippen LogP contribution >= 0.6 is 22.7 Å². The van der Waals surface area contributed by atoms with E-state index in [2.05, 4.69) is 58.6 Å². The Morgan fingerprint density at radius 3 is 2.77 bits per heavy atom. The van der Waals surface area contributed by atoms with E-state index in [1.165, 1.54) is 9.75 Å². The summed E-state index contributed by atoms with van der Waals surface area (Å²) in [5.41, 5.74) is 1.16. The van der Waals surface area contributed by atoms with Crippen LogP contribution in [0.25, 0.3) is 0 Å². The van der Waals surface area contributed by atoms with Crippen molar-refractivity contribution in [3.05, 3.63) is 38.0 Å². The second-order valence-electron chi connectivity index (χ2n) is 5.22. The Bertz CT molecular complexity index is 602. The zero-order valence-corrected chi connectivity index (χ0v) is 15.4. The van der Waals surface area contributed by atoms with Crippen LogP contribution in [0.2, 0.25) is 0 Å². The highest BCUT2D eigenvalue weighted by Crippen LogP contribution is 2.17. The Morgan fingerprint density at radius 2 is 2.18 bits per heavy atom. The number of nitrogens with zero attached hydrogens (tertiary/aromatic N) is 3. The van der Waals surface area contributed by atoms with Crippen LogP contribution in [0.4, 0.5) is 0 Å². The molecule has 0 saturated carbocycles. The first kappa shape index (κ1) is 17.0. The molecule has 0 amide bonds. The molecule has 120 valence electrons. The van der Waals surface area contributed by atoms with E-state index < -0.39 is 0 Å². The average Bonchev–Trinajstić information content (AvgIpc) is 3.11. The third-order valence-corrected chi connectivity index (χ3v) is 5.55. The zero-order chi connectivity index (χ0) is 15.9. The van der Waals surface area contributed by atoms with Crippen molar-refractivity contribution in [2.75, 3.05) is 27.2 Å². The van der Waals surface area contributed by atoms with E-state index in [4.69, 9.17) is 0 Å². The van der Waals surface area contributed by atoms with Crippen LogP contribution in [-0.4, -0.2) is 43.0 Å². The van der Waals surface area contributed by atoms with E-state index >= 15 is 0 Å². The normalized spacial score (nSPS) is 11.7. The molecule has 0 saturated heterocycles. The highest BCUT2D eigenvalue weighted by Gasteiger charge is 2.08. The van der Waals surface area contributed by atoms with Crippen LogP contribution < -0.4 is 5.32 Å². The minimum atomic E-state index is 0.887. The van der Waals surface area contributed by atoms with Crippen LogP contribution in [-0.2, 0) is 12.8 Å². The maximum atomic E-state index is 4.47. The summed E-state index contributed by atoms with van der Waals surface area (Å²) in [7, 11) is 3.93. The van der Waals surface area contributed by atoms with Crippen LogP contribution in [0.15, 0.2) is 22.5 Å². The fourth-order valence-corrected chi connectivity index (χ4v) is 3.95. The summed E-state index contributed by atoms with van der Waals surface area (Å²) in [6.45, 7) is 6.00. The molecule has 0 atom stereocenters. The number of aromatic nitrogens is 1. The van der Waals surface area contributed by atoms with Gasteiger partial charge in [-0.05, 0) is 31.7 Å². The monoisotopic (exact) mass is 336 g/mol. The van der Waals surface area contributed by atoms with E-state index in [0.29, 0.717) is 0 Å². The zero-order valence-electron chi connectivity index (χ0n) is 13.7. The van der Waals surface area contributed by atoms with E-state index in [9.17, 15) is 0 Å². The average molecular weight is 337 g/mol. The molecule has 0 aliphatic carbocycles. The molecular weight excluding hydrogens is 312 g/mol. The predicted octanol–water partition coefficient (Wildman–Crippen LogP) is 3.11. The minimum absolute atomic E-state index is 0.887. The van der Waals surface area contributed by atoms with Crippen molar-refractivity contribution in [1.82, 2.24) is 15.2 Å². The largest absolute Gasteiger partial charge is 0.356 e. The number of aliphatic imine (C=N–C) groups is 1. The molecule has 2 heterocycles. The van der Waals surface area contributed by atoms with Gasteiger partial charge in [-0.2, -0.15) is 0 Å². The molecule has 6 heteroatoms. The quantitative estimate of drug-likeness (QED) is 0.651. The number of hydrogen-bond acceptors (Lipinski definition) is 4. The smallest absolute Gasteiger partial charge is 0.193 e. The van der Waals surface area contributed by atoms with Gasteiger partial charge in [0.25, 0.3) is 0 Å². The molecule has 0 fully saturated rings.